The van der Waals surface area contributed by atoms with E-state index >= 15 is 0 Å². The molecule has 0 aliphatic heterocycles. The summed E-state index contributed by atoms with van der Waals surface area (Å²) < 4.78 is 4.63. The Morgan fingerprint density at radius 1 is 1.25 bits per heavy atom. The number of ether oxygens (including phenoxy) is 1. The molecule has 0 aromatic carbocycles. The molecule has 0 aliphatic carbocycles. The lowest BCUT2D eigenvalue weighted by Gasteiger charge is -1.94. The lowest BCUT2D eigenvalue weighted by atomic mass is 10.4. The Morgan fingerprint density at radius 2 is 1.75 bits per heavy atom. The third-order valence-electron chi connectivity index (χ3n) is 0.833. The SMILES string of the molecule is CCCC#N.OCCOCCO. The molecule has 0 spiro atoms. The maximum atomic E-state index is 8.09. The Hall–Kier alpha value is -0.630. The number of hydrogen-bond donors (Lipinski definition) is 2. The average Bonchev–Trinajstić information content (AvgIpc) is 2.08. The summed E-state index contributed by atoms with van der Waals surface area (Å²) in [7, 11) is 0. The van der Waals surface area contributed by atoms with Crippen molar-refractivity contribution in [2.75, 3.05) is 26.4 Å². The minimum absolute atomic E-state index is 0.0278. The maximum absolute atomic E-state index is 8.09. The van der Waals surface area contributed by atoms with Crippen molar-refractivity contribution in [1.82, 2.24) is 0 Å². The van der Waals surface area contributed by atoms with Crippen LogP contribution in [0.4, 0.5) is 0 Å². The van der Waals surface area contributed by atoms with Gasteiger partial charge in [0.05, 0.1) is 32.5 Å². The van der Waals surface area contributed by atoms with Crippen LogP contribution in [-0.4, -0.2) is 36.6 Å². The summed E-state index contributed by atoms with van der Waals surface area (Å²) in [4.78, 5) is 0. The van der Waals surface area contributed by atoms with E-state index < -0.39 is 0 Å². The molecule has 0 unspecified atom stereocenters. The molecule has 0 atom stereocenters. The predicted octanol–water partition coefficient (Wildman–Crippen LogP) is 0.298. The molecule has 4 nitrogen and oxygen atoms in total. The highest BCUT2D eigenvalue weighted by atomic mass is 16.5. The first kappa shape index (κ1) is 13.9. The van der Waals surface area contributed by atoms with Gasteiger partial charge < -0.3 is 14.9 Å². The molecular formula is C8H17NO3. The Bertz CT molecular complexity index is 97.0. The van der Waals surface area contributed by atoms with Gasteiger partial charge >= 0.3 is 0 Å². The molecular weight excluding hydrogens is 158 g/mol. The number of aliphatic hydroxyl groups is 2. The number of unbranched alkanes of at least 4 members (excludes halogenated alkanes) is 1. The van der Waals surface area contributed by atoms with Crippen LogP contribution in [0.15, 0.2) is 0 Å². The van der Waals surface area contributed by atoms with Crippen molar-refractivity contribution in [3.05, 3.63) is 0 Å². The van der Waals surface area contributed by atoms with E-state index in [-0.39, 0.29) is 13.2 Å². The fraction of sp³-hybridized carbons (Fsp3) is 0.875. The normalized spacial score (nSPS) is 8.17. The highest BCUT2D eigenvalue weighted by Crippen LogP contribution is 1.77. The van der Waals surface area contributed by atoms with E-state index in [1.165, 1.54) is 0 Å². The van der Waals surface area contributed by atoms with Crippen LogP contribution in [-0.2, 0) is 4.74 Å². The summed E-state index contributed by atoms with van der Waals surface area (Å²) in [6, 6.07) is 2.02. The van der Waals surface area contributed by atoms with E-state index in [1.54, 1.807) is 0 Å². The van der Waals surface area contributed by atoms with Crippen molar-refractivity contribution >= 4 is 0 Å². The van der Waals surface area contributed by atoms with Gasteiger partial charge in [-0.05, 0) is 6.42 Å². The molecule has 4 heteroatoms. The molecule has 0 rings (SSSR count). The van der Waals surface area contributed by atoms with Crippen LogP contribution in [0.1, 0.15) is 19.8 Å². The lowest BCUT2D eigenvalue weighted by Crippen LogP contribution is -2.03. The van der Waals surface area contributed by atoms with Crippen LogP contribution in [0.3, 0.4) is 0 Å². The van der Waals surface area contributed by atoms with Crippen LogP contribution < -0.4 is 0 Å². The van der Waals surface area contributed by atoms with Crippen molar-refractivity contribution in [3.8, 4) is 6.07 Å². The molecule has 0 aromatic heterocycles. The van der Waals surface area contributed by atoms with Crippen molar-refractivity contribution < 1.29 is 14.9 Å². The second-order valence-corrected chi connectivity index (χ2v) is 1.97. The van der Waals surface area contributed by atoms with Crippen LogP contribution >= 0.6 is 0 Å². The fourth-order valence-corrected chi connectivity index (χ4v) is 0.343. The summed E-state index contributed by atoms with van der Waals surface area (Å²) in [5, 5.41) is 24.0. The molecule has 0 saturated heterocycles. The molecule has 0 heterocycles. The highest BCUT2D eigenvalue weighted by Gasteiger charge is 1.79. The summed E-state index contributed by atoms with van der Waals surface area (Å²) in [5.74, 6) is 0. The Balaban J connectivity index is 0. The average molecular weight is 175 g/mol. The summed E-state index contributed by atoms with van der Waals surface area (Å²) in [6.07, 6.45) is 1.68. The third-order valence-corrected chi connectivity index (χ3v) is 0.833. The van der Waals surface area contributed by atoms with Crippen LogP contribution in [0.5, 0.6) is 0 Å². The van der Waals surface area contributed by atoms with Gasteiger partial charge in [0.1, 0.15) is 0 Å². The smallest absolute Gasteiger partial charge is 0.0698 e. The molecule has 2 N–H and O–H groups in total. The van der Waals surface area contributed by atoms with Crippen LogP contribution in [0.25, 0.3) is 0 Å². The predicted molar refractivity (Wildman–Crippen MR) is 45.5 cm³/mol. The summed E-state index contributed by atoms with van der Waals surface area (Å²) in [5.41, 5.74) is 0. The van der Waals surface area contributed by atoms with Gasteiger partial charge in [-0.3, -0.25) is 0 Å². The lowest BCUT2D eigenvalue weighted by molar-refractivity contribution is 0.0650. The molecule has 0 fully saturated rings. The summed E-state index contributed by atoms with van der Waals surface area (Å²) in [6.45, 7) is 2.68. The number of nitriles is 1. The van der Waals surface area contributed by atoms with E-state index in [4.69, 9.17) is 15.5 Å². The largest absolute Gasteiger partial charge is 0.394 e. The molecule has 12 heavy (non-hydrogen) atoms. The van der Waals surface area contributed by atoms with Crippen molar-refractivity contribution in [1.29, 1.82) is 5.26 Å². The van der Waals surface area contributed by atoms with Crippen molar-refractivity contribution in [2.45, 2.75) is 19.8 Å². The van der Waals surface area contributed by atoms with E-state index in [0.717, 1.165) is 6.42 Å². The standard InChI is InChI=1S/C4H7N.C4H10O3/c1-2-3-4-5;5-1-3-7-4-2-6/h2-3H2,1H3;5-6H,1-4H2. The second kappa shape index (κ2) is 16.8. The quantitative estimate of drug-likeness (QED) is 0.589. The van der Waals surface area contributed by atoms with E-state index in [2.05, 4.69) is 4.74 Å². The molecule has 0 radical (unpaired) electrons. The van der Waals surface area contributed by atoms with Gasteiger partial charge in [0.15, 0.2) is 0 Å². The summed E-state index contributed by atoms with van der Waals surface area (Å²) >= 11 is 0. The first-order chi connectivity index (χ1) is 5.83. The zero-order valence-electron chi connectivity index (χ0n) is 7.49. The minimum atomic E-state index is 0.0278. The molecule has 0 bridgehead atoms. The Morgan fingerprint density at radius 3 is 1.92 bits per heavy atom. The number of aliphatic hydroxyl groups excluding tert-OH is 2. The monoisotopic (exact) mass is 175 g/mol. The van der Waals surface area contributed by atoms with Gasteiger partial charge in [-0.25, -0.2) is 0 Å². The fourth-order valence-electron chi connectivity index (χ4n) is 0.343. The van der Waals surface area contributed by atoms with Gasteiger partial charge in [0, 0.05) is 6.42 Å². The third kappa shape index (κ3) is 22.8. The van der Waals surface area contributed by atoms with Gasteiger partial charge in [-0.15, -0.1) is 0 Å². The molecule has 0 saturated carbocycles. The van der Waals surface area contributed by atoms with Gasteiger partial charge in [0.2, 0.25) is 0 Å². The van der Waals surface area contributed by atoms with Gasteiger partial charge in [-0.1, -0.05) is 6.92 Å². The van der Waals surface area contributed by atoms with Gasteiger partial charge in [0.25, 0.3) is 0 Å². The van der Waals surface area contributed by atoms with E-state index in [1.807, 2.05) is 13.0 Å². The number of hydrogen-bond acceptors (Lipinski definition) is 4. The highest BCUT2D eigenvalue weighted by molar-refractivity contribution is 4.65. The number of nitrogens with zero attached hydrogens (tertiary/aromatic N) is 1. The molecule has 0 aromatic rings. The molecule has 0 amide bonds. The van der Waals surface area contributed by atoms with Gasteiger partial charge in [-0.2, -0.15) is 5.26 Å². The van der Waals surface area contributed by atoms with Crippen molar-refractivity contribution in [3.63, 3.8) is 0 Å². The van der Waals surface area contributed by atoms with Crippen molar-refractivity contribution in [2.24, 2.45) is 0 Å². The van der Waals surface area contributed by atoms with E-state index in [0.29, 0.717) is 19.6 Å². The topological polar surface area (TPSA) is 73.5 Å². The minimum Gasteiger partial charge on any atom is -0.394 e. The molecule has 0 aliphatic rings. The second-order valence-electron chi connectivity index (χ2n) is 1.97. The van der Waals surface area contributed by atoms with Crippen LogP contribution in [0.2, 0.25) is 0 Å². The Kier molecular flexibility index (Phi) is 19.5. The Labute approximate surface area is 73.4 Å². The van der Waals surface area contributed by atoms with E-state index in [9.17, 15) is 0 Å². The zero-order chi connectivity index (χ0) is 9.66. The zero-order valence-corrected chi connectivity index (χ0v) is 7.49. The first-order valence-electron chi connectivity index (χ1n) is 3.99. The molecule has 72 valence electrons. The van der Waals surface area contributed by atoms with Crippen LogP contribution in [0, 0.1) is 11.3 Å². The maximum Gasteiger partial charge on any atom is 0.0698 e. The number of rotatable bonds is 5. The first-order valence-corrected chi connectivity index (χ1v) is 3.99.